The first-order valence-corrected chi connectivity index (χ1v) is 9.34. The number of halogens is 3. The molecule has 3 fully saturated rings. The van der Waals surface area contributed by atoms with E-state index in [1.165, 1.54) is 23.3 Å². The molecule has 2 bridgehead atoms. The molecule has 4 aliphatic rings. The molecule has 0 aromatic heterocycles. The second-order valence-corrected chi connectivity index (χ2v) is 7.60. The van der Waals surface area contributed by atoms with E-state index in [0.717, 1.165) is 25.9 Å². The van der Waals surface area contributed by atoms with Gasteiger partial charge in [-0.1, -0.05) is 12.1 Å². The summed E-state index contributed by atoms with van der Waals surface area (Å²) < 4.78 is 47.0. The molecule has 4 aliphatic heterocycles. The molecular weight excluding hydrogens is 353 g/mol. The van der Waals surface area contributed by atoms with Crippen molar-refractivity contribution in [2.24, 2.45) is 5.92 Å². The number of hydrogen-bond acceptors (Lipinski definition) is 3. The highest BCUT2D eigenvalue weighted by Gasteiger charge is 2.50. The highest BCUT2D eigenvalue weighted by atomic mass is 19.4. The smallest absolute Gasteiger partial charge is 0.412 e. The Bertz CT molecular complexity index is 731. The van der Waals surface area contributed by atoms with Crippen molar-refractivity contribution in [3.63, 3.8) is 0 Å². The Morgan fingerprint density at radius 1 is 1.11 bits per heavy atom. The summed E-state index contributed by atoms with van der Waals surface area (Å²) >= 11 is 0. The lowest BCUT2D eigenvalue weighted by Crippen LogP contribution is -2.64. The van der Waals surface area contributed by atoms with E-state index in [2.05, 4.69) is 4.90 Å². The Kier molecular flexibility index (Phi) is 4.70. The minimum absolute atomic E-state index is 0.0860. The summed E-state index contributed by atoms with van der Waals surface area (Å²) in [4.78, 5) is 3.78. The fraction of sp³-hybridized carbons (Fsp3) is 0.476. The zero-order chi connectivity index (χ0) is 19.2. The highest BCUT2D eigenvalue weighted by molar-refractivity contribution is 5.33. The lowest BCUT2D eigenvalue weighted by molar-refractivity contribution is -0.180. The van der Waals surface area contributed by atoms with Crippen molar-refractivity contribution < 1.29 is 17.9 Å². The van der Waals surface area contributed by atoms with Crippen molar-refractivity contribution in [3.05, 3.63) is 60.9 Å². The maximum Gasteiger partial charge on any atom is 0.412 e. The van der Waals surface area contributed by atoms with E-state index in [1.54, 1.807) is 24.3 Å². The summed E-state index contributed by atoms with van der Waals surface area (Å²) in [5, 5.41) is 0. The molecule has 1 aromatic carbocycles. The van der Waals surface area contributed by atoms with Crippen LogP contribution in [0.25, 0.3) is 0 Å². The maximum atomic E-state index is 13.7. The Morgan fingerprint density at radius 3 is 2.37 bits per heavy atom. The van der Waals surface area contributed by atoms with Crippen LogP contribution < -0.4 is 4.74 Å². The molecule has 0 spiro atoms. The van der Waals surface area contributed by atoms with E-state index < -0.39 is 12.2 Å². The molecule has 3 saturated heterocycles. The number of rotatable bonds is 3. The molecule has 0 aliphatic carbocycles. The summed E-state index contributed by atoms with van der Waals surface area (Å²) in [6, 6.07) is 5.12. The predicted octanol–water partition coefficient (Wildman–Crippen LogP) is 4.25. The van der Waals surface area contributed by atoms with Gasteiger partial charge in [0.1, 0.15) is 17.6 Å². The molecule has 3 nitrogen and oxygen atoms in total. The van der Waals surface area contributed by atoms with Gasteiger partial charge in [-0.25, -0.2) is 0 Å². The van der Waals surface area contributed by atoms with Crippen molar-refractivity contribution in [2.75, 3.05) is 13.1 Å². The molecule has 0 N–H and O–H groups in total. The summed E-state index contributed by atoms with van der Waals surface area (Å²) in [6.45, 7) is 9.66. The Morgan fingerprint density at radius 2 is 1.78 bits per heavy atom. The topological polar surface area (TPSA) is 15.7 Å². The number of alkyl halides is 3. The molecule has 27 heavy (non-hydrogen) atoms. The van der Waals surface area contributed by atoms with Gasteiger partial charge in [0.2, 0.25) is 0 Å². The van der Waals surface area contributed by atoms with Crippen molar-refractivity contribution in [1.29, 1.82) is 0 Å². The fourth-order valence-electron chi connectivity index (χ4n) is 4.61. The molecule has 6 heteroatoms. The molecule has 0 saturated carbocycles. The minimum Gasteiger partial charge on any atom is -0.456 e. The zero-order valence-corrected chi connectivity index (χ0v) is 15.2. The predicted molar refractivity (Wildman–Crippen MR) is 96.9 cm³/mol. The van der Waals surface area contributed by atoms with Gasteiger partial charge in [0.15, 0.2) is 0 Å². The number of hydrogen-bond donors (Lipinski definition) is 0. The average molecular weight is 376 g/mol. The third-order valence-corrected chi connectivity index (χ3v) is 5.96. The highest BCUT2D eigenvalue weighted by Crippen LogP contribution is 2.40. The van der Waals surface area contributed by atoms with Crippen LogP contribution in [0.4, 0.5) is 13.2 Å². The molecule has 3 atom stereocenters. The first-order valence-electron chi connectivity index (χ1n) is 9.34. The number of ether oxygens (including phenoxy) is 1. The van der Waals surface area contributed by atoms with E-state index in [4.69, 9.17) is 11.7 Å². The Labute approximate surface area is 158 Å². The second kappa shape index (κ2) is 6.89. The lowest BCUT2D eigenvalue weighted by atomic mass is 9.77. The number of piperidine rings is 3. The van der Waals surface area contributed by atoms with E-state index in [1.807, 2.05) is 6.92 Å². The van der Waals surface area contributed by atoms with Crippen LogP contribution in [0.2, 0.25) is 0 Å². The van der Waals surface area contributed by atoms with Crippen LogP contribution >= 0.6 is 0 Å². The second-order valence-electron chi connectivity index (χ2n) is 7.60. The molecular formula is C21H23F3N2O. The number of fused-ring (bicyclic) bond motifs is 3. The van der Waals surface area contributed by atoms with Crippen molar-refractivity contribution in [2.45, 2.75) is 44.1 Å². The van der Waals surface area contributed by atoms with Gasteiger partial charge < -0.3 is 9.64 Å². The third-order valence-electron chi connectivity index (χ3n) is 5.96. The fourth-order valence-corrected chi connectivity index (χ4v) is 4.61. The number of allylic oxidation sites excluding steroid dienone is 1. The molecule has 0 amide bonds. The van der Waals surface area contributed by atoms with Gasteiger partial charge in [0, 0.05) is 18.3 Å². The van der Waals surface area contributed by atoms with Crippen LogP contribution in [0.5, 0.6) is 5.75 Å². The van der Waals surface area contributed by atoms with E-state index in [-0.39, 0.29) is 18.0 Å². The van der Waals surface area contributed by atoms with Gasteiger partial charge >= 0.3 is 6.18 Å². The van der Waals surface area contributed by atoms with Gasteiger partial charge in [-0.3, -0.25) is 4.90 Å². The van der Waals surface area contributed by atoms with Gasteiger partial charge in [-0.15, -0.1) is 0 Å². The molecule has 1 aromatic rings. The van der Waals surface area contributed by atoms with Crippen LogP contribution in [-0.4, -0.2) is 47.2 Å². The van der Waals surface area contributed by atoms with E-state index in [0.29, 0.717) is 17.1 Å². The summed E-state index contributed by atoms with van der Waals surface area (Å²) in [5.41, 5.74) is 0.607. The average Bonchev–Trinajstić information content (AvgIpc) is 2.64. The first-order chi connectivity index (χ1) is 12.8. The summed E-state index contributed by atoms with van der Waals surface area (Å²) in [7, 11) is 0. The van der Waals surface area contributed by atoms with Gasteiger partial charge in [-0.2, -0.15) is 13.2 Å². The lowest BCUT2D eigenvalue weighted by Gasteiger charge is -2.55. The van der Waals surface area contributed by atoms with Gasteiger partial charge in [-0.05, 0) is 75.5 Å². The number of nitrogens with zero attached hydrogens (tertiary/aromatic N) is 2. The first kappa shape index (κ1) is 18.4. The molecule has 2 radical (unpaired) electrons. The van der Waals surface area contributed by atoms with Crippen LogP contribution in [-0.2, 0) is 0 Å². The van der Waals surface area contributed by atoms with Crippen LogP contribution in [0.15, 0.2) is 48.4 Å². The number of benzene rings is 1. The van der Waals surface area contributed by atoms with Crippen molar-refractivity contribution in [1.82, 2.24) is 9.80 Å². The summed E-state index contributed by atoms with van der Waals surface area (Å²) in [6.07, 6.45) is 1.72. The molecule has 5 rings (SSSR count). The van der Waals surface area contributed by atoms with Crippen molar-refractivity contribution in [3.8, 4) is 5.75 Å². The standard InChI is InChI=1S/C21H23F3N2O/c1-14-3-5-17(6-4-14)27-18-7-8-19(21(22,23)24)26(13-18)20-15(2)25-11-9-16(20)10-12-25/h1,3-8,13,15-16,19-20H,9-12H2,2H3/t15-,19?,20-/m0/s1. The van der Waals surface area contributed by atoms with E-state index >= 15 is 0 Å². The van der Waals surface area contributed by atoms with Gasteiger partial charge in [0.25, 0.3) is 0 Å². The largest absolute Gasteiger partial charge is 0.456 e. The van der Waals surface area contributed by atoms with Crippen LogP contribution in [0.1, 0.15) is 25.3 Å². The van der Waals surface area contributed by atoms with Crippen molar-refractivity contribution >= 4 is 0 Å². The Hall–Kier alpha value is -1.95. The van der Waals surface area contributed by atoms with Crippen LogP contribution in [0, 0.1) is 12.8 Å². The quantitative estimate of drug-likeness (QED) is 0.784. The van der Waals surface area contributed by atoms with E-state index in [9.17, 15) is 13.2 Å². The Balaban J connectivity index is 1.63. The molecule has 1 unspecified atom stereocenters. The summed E-state index contributed by atoms with van der Waals surface area (Å²) in [5.74, 6) is 1.23. The monoisotopic (exact) mass is 376 g/mol. The van der Waals surface area contributed by atoms with Crippen LogP contribution in [0.3, 0.4) is 0 Å². The third kappa shape index (κ3) is 3.59. The maximum absolute atomic E-state index is 13.7. The zero-order valence-electron chi connectivity index (χ0n) is 15.2. The minimum atomic E-state index is -4.33. The normalized spacial score (nSPS) is 33.1. The van der Waals surface area contributed by atoms with Gasteiger partial charge in [0.05, 0.1) is 0 Å². The molecule has 4 heterocycles. The molecule has 144 valence electrons. The SMILES string of the molecule is [CH]c1ccc(OC2=CN([C@@H]3C4CCN(CC4)[C@H]3C)C(C(F)(F)F)C=C2)cc1.